The summed E-state index contributed by atoms with van der Waals surface area (Å²) in [4.78, 5) is 16.9. The van der Waals surface area contributed by atoms with Gasteiger partial charge in [0.15, 0.2) is 11.2 Å². The predicted octanol–water partition coefficient (Wildman–Crippen LogP) is 5.37. The quantitative estimate of drug-likeness (QED) is 0.511. The Hall–Kier alpha value is -3.18. The Kier molecular flexibility index (Phi) is 4.85. The number of nitrogens with zero attached hydrogens (tertiary/aromatic N) is 1. The Morgan fingerprint density at radius 3 is 2.56 bits per heavy atom. The first-order valence-corrected chi connectivity index (χ1v) is 9.54. The first-order valence-electron chi connectivity index (χ1n) is 8.66. The average Bonchev–Trinajstić information content (AvgIpc) is 3.17. The fraction of sp³-hybridized carbons (Fsp3) is 0.0909. The number of carbonyl (C=O) groups is 1. The average molecular weight is 374 g/mol. The lowest BCUT2D eigenvalue weighted by atomic mass is 10.1. The molecule has 27 heavy (non-hydrogen) atoms. The molecular weight excluding hydrogens is 356 g/mol. The van der Waals surface area contributed by atoms with Crippen LogP contribution in [-0.4, -0.2) is 17.0 Å². The third kappa shape index (κ3) is 3.99. The van der Waals surface area contributed by atoms with E-state index in [2.05, 4.69) is 34.6 Å². The van der Waals surface area contributed by atoms with Gasteiger partial charge in [-0.25, -0.2) is 4.98 Å². The number of hydrogen-bond donors (Lipinski definition) is 1. The van der Waals surface area contributed by atoms with E-state index >= 15 is 0 Å². The molecule has 0 fully saturated rings. The van der Waals surface area contributed by atoms with Crippen molar-refractivity contribution in [2.24, 2.45) is 0 Å². The van der Waals surface area contributed by atoms with E-state index < -0.39 is 6.10 Å². The van der Waals surface area contributed by atoms with Gasteiger partial charge in [0.25, 0.3) is 5.91 Å². The monoisotopic (exact) mass is 374 g/mol. The number of amides is 1. The smallest absolute Gasteiger partial charge is 0.266 e. The fourth-order valence-corrected chi connectivity index (χ4v) is 3.50. The van der Waals surface area contributed by atoms with Crippen molar-refractivity contribution in [3.05, 3.63) is 78.2 Å². The minimum Gasteiger partial charge on any atom is -0.481 e. The van der Waals surface area contributed by atoms with Crippen LogP contribution in [0.3, 0.4) is 0 Å². The molecule has 3 aromatic carbocycles. The van der Waals surface area contributed by atoms with E-state index in [0.717, 1.165) is 11.3 Å². The number of fused-ring (bicyclic) bond motifs is 1. The van der Waals surface area contributed by atoms with E-state index in [1.165, 1.54) is 22.1 Å². The summed E-state index contributed by atoms with van der Waals surface area (Å²) >= 11 is 1.40. The molecule has 0 aliphatic heterocycles. The highest BCUT2D eigenvalue weighted by atomic mass is 32.1. The number of rotatable bonds is 5. The lowest BCUT2D eigenvalue weighted by Gasteiger charge is -2.13. The van der Waals surface area contributed by atoms with Gasteiger partial charge in [0, 0.05) is 10.9 Å². The maximum Gasteiger partial charge on any atom is 0.266 e. The Labute approximate surface area is 161 Å². The summed E-state index contributed by atoms with van der Waals surface area (Å²) in [6, 6.07) is 23.7. The van der Waals surface area contributed by atoms with Gasteiger partial charge in [-0.3, -0.25) is 10.1 Å². The molecule has 4 aromatic rings. The van der Waals surface area contributed by atoms with Crippen LogP contribution < -0.4 is 10.1 Å². The van der Waals surface area contributed by atoms with Crippen LogP contribution in [0.4, 0.5) is 5.13 Å². The topological polar surface area (TPSA) is 51.2 Å². The van der Waals surface area contributed by atoms with Crippen LogP contribution in [-0.2, 0) is 4.79 Å². The normalized spacial score (nSPS) is 11.9. The molecule has 0 aliphatic rings. The van der Waals surface area contributed by atoms with Crippen LogP contribution in [0.25, 0.3) is 22.0 Å². The summed E-state index contributed by atoms with van der Waals surface area (Å²) in [5, 5.41) is 7.70. The minimum atomic E-state index is -0.611. The van der Waals surface area contributed by atoms with Gasteiger partial charge >= 0.3 is 0 Å². The van der Waals surface area contributed by atoms with Crippen LogP contribution in [0.1, 0.15) is 6.92 Å². The van der Waals surface area contributed by atoms with E-state index in [1.54, 1.807) is 6.92 Å². The Bertz CT molecular complexity index is 1080. The summed E-state index contributed by atoms with van der Waals surface area (Å²) in [6.45, 7) is 1.72. The van der Waals surface area contributed by atoms with E-state index in [9.17, 15) is 4.79 Å². The third-order valence-electron chi connectivity index (χ3n) is 4.20. The number of nitrogens with one attached hydrogen (secondary N) is 1. The number of aromatic nitrogens is 1. The lowest BCUT2D eigenvalue weighted by molar-refractivity contribution is -0.122. The van der Waals surface area contributed by atoms with Crippen LogP contribution in [0.15, 0.2) is 78.2 Å². The van der Waals surface area contributed by atoms with Crippen molar-refractivity contribution < 1.29 is 9.53 Å². The Morgan fingerprint density at radius 1 is 1.00 bits per heavy atom. The highest BCUT2D eigenvalue weighted by Gasteiger charge is 2.16. The summed E-state index contributed by atoms with van der Waals surface area (Å²) in [5.74, 6) is 0.439. The first kappa shape index (κ1) is 17.2. The molecule has 1 atom stereocenters. The molecule has 0 aliphatic carbocycles. The van der Waals surface area contributed by atoms with Crippen molar-refractivity contribution in [2.75, 3.05) is 5.32 Å². The molecule has 5 heteroatoms. The second-order valence-corrected chi connectivity index (χ2v) is 7.02. The molecular formula is C22H18N2O2S. The number of carbonyl (C=O) groups excluding carboxylic acids is 1. The molecule has 1 heterocycles. The number of thiazole rings is 1. The first-order chi connectivity index (χ1) is 13.2. The van der Waals surface area contributed by atoms with Crippen molar-refractivity contribution in [3.63, 3.8) is 0 Å². The molecule has 0 saturated carbocycles. The summed E-state index contributed by atoms with van der Waals surface area (Å²) < 4.78 is 5.65. The standard InChI is InChI=1S/C22H18N2O2S/c1-15(26-19-9-3-2-4-10-19)21(25)24-22-23-20(14-27-22)18-12-11-16-7-5-6-8-17(16)13-18/h2-15H,1H3,(H,23,24,25)/t15-/m1/s1. The Morgan fingerprint density at radius 2 is 1.74 bits per heavy atom. The number of ether oxygens (including phenoxy) is 1. The molecule has 0 bridgehead atoms. The zero-order valence-electron chi connectivity index (χ0n) is 14.8. The summed E-state index contributed by atoms with van der Waals surface area (Å²) in [5.41, 5.74) is 1.87. The highest BCUT2D eigenvalue weighted by molar-refractivity contribution is 7.14. The van der Waals surface area contributed by atoms with Crippen molar-refractivity contribution >= 4 is 33.1 Å². The molecule has 1 aromatic heterocycles. The number of benzene rings is 3. The minimum absolute atomic E-state index is 0.224. The van der Waals surface area contributed by atoms with Crippen molar-refractivity contribution in [3.8, 4) is 17.0 Å². The van der Waals surface area contributed by atoms with Crippen molar-refractivity contribution in [2.45, 2.75) is 13.0 Å². The molecule has 0 unspecified atom stereocenters. The summed E-state index contributed by atoms with van der Waals surface area (Å²) in [7, 11) is 0. The molecule has 1 amide bonds. The van der Waals surface area contributed by atoms with Crippen LogP contribution in [0.5, 0.6) is 5.75 Å². The van der Waals surface area contributed by atoms with Gasteiger partial charge in [0.05, 0.1) is 5.69 Å². The third-order valence-corrected chi connectivity index (χ3v) is 4.96. The molecule has 1 N–H and O–H groups in total. The molecule has 0 radical (unpaired) electrons. The zero-order chi connectivity index (χ0) is 18.6. The van der Waals surface area contributed by atoms with Crippen molar-refractivity contribution in [1.82, 2.24) is 4.98 Å². The fourth-order valence-electron chi connectivity index (χ4n) is 2.78. The largest absolute Gasteiger partial charge is 0.481 e. The Balaban J connectivity index is 1.46. The van der Waals surface area contributed by atoms with Crippen LogP contribution in [0, 0.1) is 0 Å². The van der Waals surface area contributed by atoms with Gasteiger partial charge in [0.2, 0.25) is 0 Å². The summed E-state index contributed by atoms with van der Waals surface area (Å²) in [6.07, 6.45) is -0.611. The van der Waals surface area contributed by atoms with Gasteiger partial charge in [-0.15, -0.1) is 11.3 Å². The number of hydrogen-bond acceptors (Lipinski definition) is 4. The number of para-hydroxylation sites is 1. The maximum atomic E-state index is 12.4. The molecule has 134 valence electrons. The van der Waals surface area contributed by atoms with Crippen molar-refractivity contribution in [1.29, 1.82) is 0 Å². The van der Waals surface area contributed by atoms with E-state index in [0.29, 0.717) is 10.9 Å². The SMILES string of the molecule is C[C@@H](Oc1ccccc1)C(=O)Nc1nc(-c2ccc3ccccc3c2)cs1. The number of anilines is 1. The van der Waals surface area contributed by atoms with Gasteiger partial charge in [-0.05, 0) is 35.9 Å². The van der Waals surface area contributed by atoms with Gasteiger partial charge in [0.1, 0.15) is 5.75 Å². The zero-order valence-corrected chi connectivity index (χ0v) is 15.6. The van der Waals surface area contributed by atoms with Gasteiger partial charge in [-0.1, -0.05) is 54.6 Å². The van der Waals surface area contributed by atoms with E-state index in [1.807, 2.05) is 53.9 Å². The molecule has 0 saturated heterocycles. The molecule has 4 nitrogen and oxygen atoms in total. The molecule has 4 rings (SSSR count). The maximum absolute atomic E-state index is 12.4. The van der Waals surface area contributed by atoms with Gasteiger partial charge in [-0.2, -0.15) is 0 Å². The van der Waals surface area contributed by atoms with Crippen LogP contribution >= 0.6 is 11.3 Å². The van der Waals surface area contributed by atoms with Crippen LogP contribution in [0.2, 0.25) is 0 Å². The lowest BCUT2D eigenvalue weighted by Crippen LogP contribution is -2.30. The second kappa shape index (κ2) is 7.60. The highest BCUT2D eigenvalue weighted by Crippen LogP contribution is 2.28. The van der Waals surface area contributed by atoms with E-state index in [-0.39, 0.29) is 5.91 Å². The second-order valence-electron chi connectivity index (χ2n) is 6.16. The predicted molar refractivity (Wildman–Crippen MR) is 110 cm³/mol. The van der Waals surface area contributed by atoms with E-state index in [4.69, 9.17) is 4.74 Å². The van der Waals surface area contributed by atoms with Gasteiger partial charge < -0.3 is 4.74 Å². The molecule has 0 spiro atoms.